The number of oxazole rings is 1. The highest BCUT2D eigenvalue weighted by Crippen LogP contribution is 2.30. The van der Waals surface area contributed by atoms with Crippen molar-refractivity contribution < 1.29 is 13.2 Å². The van der Waals surface area contributed by atoms with E-state index in [1.165, 1.54) is 6.07 Å². The van der Waals surface area contributed by atoms with E-state index in [2.05, 4.69) is 23.6 Å². The molecule has 1 aliphatic rings. The number of anilines is 1. The van der Waals surface area contributed by atoms with Crippen LogP contribution in [-0.4, -0.2) is 41.2 Å². The summed E-state index contributed by atoms with van der Waals surface area (Å²) in [5.41, 5.74) is 4.25. The molecular formula is C25H28FN3O3. The van der Waals surface area contributed by atoms with Crippen molar-refractivity contribution in [1.29, 1.82) is 0 Å². The molecule has 2 aromatic carbocycles. The number of hydrogen-bond donors (Lipinski definition) is 0. The Labute approximate surface area is 185 Å². The van der Waals surface area contributed by atoms with Crippen LogP contribution < -0.4 is 10.7 Å². The van der Waals surface area contributed by atoms with Gasteiger partial charge in [-0.3, -0.25) is 9.47 Å². The van der Waals surface area contributed by atoms with Gasteiger partial charge in [0.25, 0.3) is 0 Å². The minimum Gasteiger partial charge on any atom is -0.464 e. The summed E-state index contributed by atoms with van der Waals surface area (Å²) in [4.78, 5) is 16.9. The quantitative estimate of drug-likeness (QED) is 0.459. The van der Waals surface area contributed by atoms with Crippen molar-refractivity contribution in [2.75, 3.05) is 24.5 Å². The zero-order valence-corrected chi connectivity index (χ0v) is 18.7. The molecule has 1 aliphatic heterocycles. The van der Waals surface area contributed by atoms with E-state index >= 15 is 0 Å². The molecular weight excluding hydrogens is 409 g/mol. The Bertz CT molecular complexity index is 1310. The number of aryl methyl sites for hydroxylation is 2. The molecule has 6 nitrogen and oxygen atoms in total. The van der Waals surface area contributed by atoms with Crippen LogP contribution in [0.5, 0.6) is 0 Å². The van der Waals surface area contributed by atoms with Gasteiger partial charge in [-0.2, -0.15) is 0 Å². The lowest BCUT2D eigenvalue weighted by molar-refractivity contribution is 0.130. The maximum Gasteiger partial charge on any atom is 0.419 e. The molecule has 0 radical (unpaired) electrons. The first-order valence-corrected chi connectivity index (χ1v) is 11.2. The van der Waals surface area contributed by atoms with Gasteiger partial charge in [0.15, 0.2) is 5.58 Å². The van der Waals surface area contributed by atoms with Crippen molar-refractivity contribution in [2.24, 2.45) is 7.05 Å². The number of piperazine rings is 1. The number of fused-ring (bicyclic) bond motifs is 2. The zero-order chi connectivity index (χ0) is 22.4. The van der Waals surface area contributed by atoms with E-state index in [4.69, 9.17) is 8.83 Å². The fourth-order valence-electron chi connectivity index (χ4n) is 5.08. The molecule has 0 spiro atoms. The van der Waals surface area contributed by atoms with Gasteiger partial charge in [0.1, 0.15) is 11.4 Å². The first kappa shape index (κ1) is 20.8. The van der Waals surface area contributed by atoms with Crippen LogP contribution in [0.2, 0.25) is 0 Å². The van der Waals surface area contributed by atoms with E-state index in [1.807, 2.05) is 18.2 Å². The number of hydrogen-bond acceptors (Lipinski definition) is 5. The lowest BCUT2D eigenvalue weighted by Crippen LogP contribution is -2.57. The van der Waals surface area contributed by atoms with Crippen molar-refractivity contribution in [3.8, 4) is 0 Å². The van der Waals surface area contributed by atoms with Gasteiger partial charge in [-0.25, -0.2) is 9.18 Å². The predicted octanol–water partition coefficient (Wildman–Crippen LogP) is 4.55. The van der Waals surface area contributed by atoms with Gasteiger partial charge in [-0.05, 0) is 69.1 Å². The first-order chi connectivity index (χ1) is 15.4. The predicted molar refractivity (Wildman–Crippen MR) is 124 cm³/mol. The molecule has 0 amide bonds. The van der Waals surface area contributed by atoms with Gasteiger partial charge < -0.3 is 13.7 Å². The third-order valence-electron chi connectivity index (χ3n) is 6.72. The minimum absolute atomic E-state index is 0.234. The van der Waals surface area contributed by atoms with Gasteiger partial charge in [0, 0.05) is 37.6 Å². The fraction of sp³-hybridized carbons (Fsp3) is 0.400. The third kappa shape index (κ3) is 3.60. The van der Waals surface area contributed by atoms with E-state index < -0.39 is 0 Å². The second kappa shape index (κ2) is 8.13. The number of nitrogens with zero attached hydrogens (tertiary/aromatic N) is 3. The number of aromatic nitrogens is 1. The molecule has 3 heterocycles. The number of furan rings is 1. The summed E-state index contributed by atoms with van der Waals surface area (Å²) in [5, 5.41) is 0.869. The summed E-state index contributed by atoms with van der Waals surface area (Å²) in [6.07, 6.45) is 3.58. The first-order valence-electron chi connectivity index (χ1n) is 11.2. The van der Waals surface area contributed by atoms with Crippen LogP contribution in [0.4, 0.5) is 10.1 Å². The SMILES string of the molecule is C[C@@H]1CN(c2cccc3c2oc(=O)n3C)C[C@H](C)N1CCCc1coc2ccc(F)cc12. The molecule has 1 fully saturated rings. The third-order valence-corrected chi connectivity index (χ3v) is 6.72. The van der Waals surface area contributed by atoms with Crippen molar-refractivity contribution in [1.82, 2.24) is 9.47 Å². The van der Waals surface area contributed by atoms with E-state index in [1.54, 1.807) is 30.0 Å². The normalized spacial score (nSPS) is 19.9. The molecule has 5 rings (SSSR count). The van der Waals surface area contributed by atoms with Crippen LogP contribution in [0, 0.1) is 5.82 Å². The number of rotatable bonds is 5. The maximum absolute atomic E-state index is 13.6. The zero-order valence-electron chi connectivity index (χ0n) is 18.7. The minimum atomic E-state index is -0.334. The van der Waals surface area contributed by atoms with E-state index in [9.17, 15) is 9.18 Å². The lowest BCUT2D eigenvalue weighted by Gasteiger charge is -2.45. The van der Waals surface area contributed by atoms with Crippen LogP contribution in [0.15, 0.2) is 56.3 Å². The summed E-state index contributed by atoms with van der Waals surface area (Å²) >= 11 is 0. The topological polar surface area (TPSA) is 54.8 Å². The lowest BCUT2D eigenvalue weighted by atomic mass is 10.0. The van der Waals surface area contributed by atoms with Crippen molar-refractivity contribution in [3.05, 3.63) is 64.6 Å². The smallest absolute Gasteiger partial charge is 0.419 e. The molecule has 168 valence electrons. The molecule has 2 atom stereocenters. The molecule has 7 heteroatoms. The Morgan fingerprint density at radius 2 is 1.91 bits per heavy atom. The Morgan fingerprint density at radius 3 is 2.69 bits per heavy atom. The van der Waals surface area contributed by atoms with E-state index in [0.717, 1.165) is 60.2 Å². The largest absolute Gasteiger partial charge is 0.464 e. The Morgan fingerprint density at radius 1 is 1.12 bits per heavy atom. The number of benzene rings is 2. The van der Waals surface area contributed by atoms with Crippen LogP contribution in [0.3, 0.4) is 0 Å². The van der Waals surface area contributed by atoms with Crippen molar-refractivity contribution in [3.63, 3.8) is 0 Å². The average Bonchev–Trinajstić information content (AvgIpc) is 3.30. The standard InChI is InChI=1S/C25H28FN3O3/c1-16-13-28(22-8-4-7-21-24(22)32-25(30)27(21)3)14-17(2)29(16)11-5-6-18-15-31-23-10-9-19(26)12-20(18)23/h4,7-10,12,15-17H,5-6,11,13-14H2,1-3H3/t16-,17+. The highest BCUT2D eigenvalue weighted by molar-refractivity contribution is 5.87. The Kier molecular flexibility index (Phi) is 5.29. The number of halogens is 1. The molecule has 0 saturated carbocycles. The van der Waals surface area contributed by atoms with Crippen molar-refractivity contribution in [2.45, 2.75) is 38.8 Å². The highest BCUT2D eigenvalue weighted by atomic mass is 19.1. The van der Waals surface area contributed by atoms with Gasteiger partial charge in [0.05, 0.1) is 17.5 Å². The summed E-state index contributed by atoms with van der Waals surface area (Å²) < 4.78 is 26.3. The van der Waals surface area contributed by atoms with Gasteiger partial charge in [0.2, 0.25) is 0 Å². The van der Waals surface area contributed by atoms with Gasteiger partial charge in [-0.1, -0.05) is 6.07 Å². The van der Waals surface area contributed by atoms with Crippen LogP contribution in [-0.2, 0) is 13.5 Å². The highest BCUT2D eigenvalue weighted by Gasteiger charge is 2.30. The fourth-order valence-corrected chi connectivity index (χ4v) is 5.08. The van der Waals surface area contributed by atoms with Gasteiger partial charge >= 0.3 is 5.76 Å². The summed E-state index contributed by atoms with van der Waals surface area (Å²) in [6.45, 7) is 7.17. The monoisotopic (exact) mass is 437 g/mol. The molecule has 4 aromatic rings. The Hall–Kier alpha value is -3.06. The average molecular weight is 438 g/mol. The molecule has 2 aromatic heterocycles. The van der Waals surface area contributed by atoms with Crippen LogP contribution in [0.25, 0.3) is 22.1 Å². The van der Waals surface area contributed by atoms with E-state index in [0.29, 0.717) is 17.7 Å². The second-order valence-corrected chi connectivity index (χ2v) is 8.90. The van der Waals surface area contributed by atoms with Gasteiger partial charge in [-0.15, -0.1) is 0 Å². The maximum atomic E-state index is 13.6. The molecule has 1 saturated heterocycles. The van der Waals surface area contributed by atoms with Crippen LogP contribution >= 0.6 is 0 Å². The van der Waals surface area contributed by atoms with E-state index in [-0.39, 0.29) is 11.6 Å². The summed E-state index contributed by atoms with van der Waals surface area (Å²) in [6, 6.07) is 11.3. The second-order valence-electron chi connectivity index (χ2n) is 8.90. The van der Waals surface area contributed by atoms with Crippen molar-refractivity contribution >= 4 is 27.8 Å². The molecule has 0 bridgehead atoms. The summed E-state index contributed by atoms with van der Waals surface area (Å²) in [7, 11) is 1.73. The molecule has 0 N–H and O–H groups in total. The summed E-state index contributed by atoms with van der Waals surface area (Å²) in [5.74, 6) is -0.568. The number of para-hydroxylation sites is 1. The molecule has 0 aliphatic carbocycles. The molecule has 0 unspecified atom stereocenters. The Balaban J connectivity index is 1.27. The molecule has 32 heavy (non-hydrogen) atoms. The van der Waals surface area contributed by atoms with Crippen LogP contribution in [0.1, 0.15) is 25.8 Å².